The Bertz CT molecular complexity index is 271. The van der Waals surface area contributed by atoms with Gasteiger partial charge in [0.05, 0.1) is 5.41 Å². The number of nitrogens with zero attached hydrogens (tertiary/aromatic N) is 2. The number of nitrogens with two attached hydrogens (primary N) is 1. The fourth-order valence-corrected chi connectivity index (χ4v) is 3.10. The Hall–Kier alpha value is -0.610. The Kier molecular flexibility index (Phi) is 6.27. The van der Waals surface area contributed by atoms with E-state index in [1.807, 2.05) is 4.90 Å². The highest BCUT2D eigenvalue weighted by Crippen LogP contribution is 2.30. The van der Waals surface area contributed by atoms with Gasteiger partial charge in [0.15, 0.2) is 0 Å². The molecule has 1 aliphatic heterocycles. The highest BCUT2D eigenvalue weighted by molar-refractivity contribution is 5.83. The van der Waals surface area contributed by atoms with Gasteiger partial charge in [-0.05, 0) is 45.7 Å². The summed E-state index contributed by atoms with van der Waals surface area (Å²) in [4.78, 5) is 17.0. The molecule has 0 bridgehead atoms. The van der Waals surface area contributed by atoms with Gasteiger partial charge in [0.1, 0.15) is 0 Å². The van der Waals surface area contributed by atoms with Crippen molar-refractivity contribution in [3.05, 3.63) is 0 Å². The van der Waals surface area contributed by atoms with E-state index in [1.54, 1.807) is 0 Å². The van der Waals surface area contributed by atoms with Crippen LogP contribution in [0.2, 0.25) is 0 Å². The van der Waals surface area contributed by atoms with Crippen LogP contribution < -0.4 is 5.73 Å². The van der Waals surface area contributed by atoms with Crippen molar-refractivity contribution >= 4 is 5.91 Å². The average molecular weight is 269 g/mol. The van der Waals surface area contributed by atoms with Crippen molar-refractivity contribution in [1.29, 1.82) is 0 Å². The monoisotopic (exact) mass is 269 g/mol. The number of rotatable bonds is 6. The maximum Gasteiger partial charge on any atom is 0.230 e. The van der Waals surface area contributed by atoms with E-state index in [-0.39, 0.29) is 11.3 Å². The molecule has 0 aromatic rings. The second-order valence-electron chi connectivity index (χ2n) is 6.19. The summed E-state index contributed by atoms with van der Waals surface area (Å²) < 4.78 is 0. The second-order valence-corrected chi connectivity index (χ2v) is 6.19. The number of piperidine rings is 1. The molecule has 112 valence electrons. The zero-order chi connectivity index (χ0) is 14.5. The minimum absolute atomic E-state index is 0.281. The Morgan fingerprint density at radius 3 is 2.16 bits per heavy atom. The van der Waals surface area contributed by atoms with Crippen molar-refractivity contribution in [2.45, 2.75) is 39.5 Å². The minimum Gasteiger partial charge on any atom is -0.342 e. The maximum atomic E-state index is 12.7. The fourth-order valence-electron chi connectivity index (χ4n) is 3.10. The van der Waals surface area contributed by atoms with Crippen molar-refractivity contribution in [1.82, 2.24) is 9.80 Å². The first-order valence-corrected chi connectivity index (χ1v) is 7.63. The highest BCUT2D eigenvalue weighted by Gasteiger charge is 2.37. The number of hydrogen-bond donors (Lipinski definition) is 1. The smallest absolute Gasteiger partial charge is 0.230 e. The van der Waals surface area contributed by atoms with E-state index in [9.17, 15) is 4.79 Å². The molecule has 0 aromatic carbocycles. The van der Waals surface area contributed by atoms with Crippen LogP contribution in [0.3, 0.4) is 0 Å². The van der Waals surface area contributed by atoms with Crippen LogP contribution in [-0.4, -0.2) is 56.0 Å². The van der Waals surface area contributed by atoms with Crippen LogP contribution in [0.15, 0.2) is 0 Å². The van der Waals surface area contributed by atoms with Crippen LogP contribution in [0.5, 0.6) is 0 Å². The minimum atomic E-state index is -0.325. The molecule has 2 N–H and O–H groups in total. The standard InChI is InChI=1S/C15H31N3O/c1-5-15(6-2,12-16)14(19)18-9-7-13(8-10-18)11-17(3)4/h13H,5-12,16H2,1-4H3. The lowest BCUT2D eigenvalue weighted by Gasteiger charge is -2.39. The summed E-state index contributed by atoms with van der Waals surface area (Å²) in [5, 5.41) is 0. The van der Waals surface area contributed by atoms with Crippen LogP contribution in [0.1, 0.15) is 39.5 Å². The van der Waals surface area contributed by atoms with Crippen LogP contribution in [-0.2, 0) is 4.79 Å². The molecule has 1 amide bonds. The molecular weight excluding hydrogens is 238 g/mol. The van der Waals surface area contributed by atoms with E-state index in [0.29, 0.717) is 6.54 Å². The molecule has 1 fully saturated rings. The third-order valence-electron chi connectivity index (χ3n) is 4.72. The topological polar surface area (TPSA) is 49.6 Å². The number of likely N-dealkylation sites (tertiary alicyclic amines) is 1. The molecule has 1 rings (SSSR count). The van der Waals surface area contributed by atoms with E-state index < -0.39 is 0 Å². The van der Waals surface area contributed by atoms with Crippen molar-refractivity contribution in [2.24, 2.45) is 17.1 Å². The molecular formula is C15H31N3O. The van der Waals surface area contributed by atoms with Gasteiger partial charge in [0.2, 0.25) is 5.91 Å². The van der Waals surface area contributed by atoms with Gasteiger partial charge < -0.3 is 15.5 Å². The summed E-state index contributed by atoms with van der Waals surface area (Å²) in [6, 6.07) is 0. The molecule has 1 saturated heterocycles. The van der Waals surface area contributed by atoms with E-state index in [2.05, 4.69) is 32.8 Å². The van der Waals surface area contributed by atoms with Gasteiger partial charge in [-0.1, -0.05) is 13.8 Å². The molecule has 4 nitrogen and oxygen atoms in total. The second kappa shape index (κ2) is 7.25. The third kappa shape index (κ3) is 3.93. The first-order valence-electron chi connectivity index (χ1n) is 7.63. The summed E-state index contributed by atoms with van der Waals surface area (Å²) in [5.74, 6) is 1.01. The van der Waals surface area contributed by atoms with Crippen LogP contribution in [0.4, 0.5) is 0 Å². The Balaban J connectivity index is 2.57. The number of carbonyl (C=O) groups is 1. The first kappa shape index (κ1) is 16.4. The van der Waals surface area contributed by atoms with Gasteiger partial charge in [-0.3, -0.25) is 4.79 Å². The van der Waals surface area contributed by atoms with Gasteiger partial charge >= 0.3 is 0 Å². The largest absolute Gasteiger partial charge is 0.342 e. The molecule has 1 aliphatic rings. The van der Waals surface area contributed by atoms with Crippen LogP contribution in [0, 0.1) is 11.3 Å². The lowest BCUT2D eigenvalue weighted by atomic mass is 9.80. The summed E-state index contributed by atoms with van der Waals surface area (Å²) in [6.07, 6.45) is 3.93. The molecule has 0 spiro atoms. The predicted molar refractivity (Wildman–Crippen MR) is 79.9 cm³/mol. The highest BCUT2D eigenvalue weighted by atomic mass is 16.2. The van der Waals surface area contributed by atoms with Crippen molar-refractivity contribution in [3.63, 3.8) is 0 Å². The summed E-state index contributed by atoms with van der Waals surface area (Å²) in [6.45, 7) is 7.56. The predicted octanol–water partition coefficient (Wildman–Crippen LogP) is 1.55. The molecule has 0 unspecified atom stereocenters. The summed E-state index contributed by atoms with van der Waals surface area (Å²) in [7, 11) is 4.23. The number of carbonyl (C=O) groups excluding carboxylic acids is 1. The quantitative estimate of drug-likeness (QED) is 0.796. The molecule has 0 aliphatic carbocycles. The van der Waals surface area contributed by atoms with Crippen molar-refractivity contribution < 1.29 is 4.79 Å². The maximum absolute atomic E-state index is 12.7. The van der Waals surface area contributed by atoms with Crippen LogP contribution in [0.25, 0.3) is 0 Å². The van der Waals surface area contributed by atoms with Gasteiger partial charge in [0.25, 0.3) is 0 Å². The Morgan fingerprint density at radius 2 is 1.79 bits per heavy atom. The fraction of sp³-hybridized carbons (Fsp3) is 0.933. The van der Waals surface area contributed by atoms with E-state index in [1.165, 1.54) is 0 Å². The van der Waals surface area contributed by atoms with E-state index in [4.69, 9.17) is 5.73 Å². The van der Waals surface area contributed by atoms with Crippen LogP contribution >= 0.6 is 0 Å². The summed E-state index contributed by atoms with van der Waals surface area (Å²) in [5.41, 5.74) is 5.55. The number of amides is 1. The Labute approximate surface area is 118 Å². The molecule has 1 heterocycles. The third-order valence-corrected chi connectivity index (χ3v) is 4.72. The van der Waals surface area contributed by atoms with Gasteiger partial charge in [-0.25, -0.2) is 0 Å². The van der Waals surface area contributed by atoms with Crippen molar-refractivity contribution in [3.8, 4) is 0 Å². The molecule has 0 aromatic heterocycles. The van der Waals surface area contributed by atoms with Crippen molar-refractivity contribution in [2.75, 3.05) is 40.3 Å². The normalized spacial score (nSPS) is 18.1. The van der Waals surface area contributed by atoms with Gasteiger partial charge in [-0.15, -0.1) is 0 Å². The lowest BCUT2D eigenvalue weighted by Crippen LogP contribution is -2.50. The molecule has 19 heavy (non-hydrogen) atoms. The summed E-state index contributed by atoms with van der Waals surface area (Å²) >= 11 is 0. The van der Waals surface area contributed by atoms with Gasteiger partial charge in [0, 0.05) is 26.2 Å². The van der Waals surface area contributed by atoms with E-state index in [0.717, 1.165) is 51.2 Å². The van der Waals surface area contributed by atoms with E-state index >= 15 is 0 Å². The first-order chi connectivity index (χ1) is 8.99. The Morgan fingerprint density at radius 1 is 1.26 bits per heavy atom. The molecule has 0 saturated carbocycles. The molecule has 0 radical (unpaired) electrons. The average Bonchev–Trinajstić information content (AvgIpc) is 2.41. The molecule has 4 heteroatoms. The zero-order valence-electron chi connectivity index (χ0n) is 13.1. The zero-order valence-corrected chi connectivity index (χ0v) is 13.1. The molecule has 0 atom stereocenters. The number of hydrogen-bond acceptors (Lipinski definition) is 3. The SMILES string of the molecule is CCC(CC)(CN)C(=O)N1CCC(CN(C)C)CC1. The van der Waals surface area contributed by atoms with Gasteiger partial charge in [-0.2, -0.15) is 0 Å². The lowest BCUT2D eigenvalue weighted by molar-refractivity contribution is -0.143.